The number of nitrogens with zero attached hydrogens (tertiary/aromatic N) is 1. The van der Waals surface area contributed by atoms with Crippen LogP contribution in [0.25, 0.3) is 0 Å². The van der Waals surface area contributed by atoms with E-state index in [-0.39, 0.29) is 18.5 Å². The molecule has 146 valence electrons. The van der Waals surface area contributed by atoms with E-state index in [4.69, 9.17) is 9.47 Å². The van der Waals surface area contributed by atoms with E-state index in [2.05, 4.69) is 0 Å². The van der Waals surface area contributed by atoms with Crippen molar-refractivity contribution in [1.82, 2.24) is 4.90 Å². The quantitative estimate of drug-likeness (QED) is 0.750. The highest BCUT2D eigenvalue weighted by molar-refractivity contribution is 5.92. The van der Waals surface area contributed by atoms with Crippen molar-refractivity contribution >= 4 is 17.8 Å². The van der Waals surface area contributed by atoms with Crippen LogP contribution in [0.15, 0.2) is 42.5 Å². The maximum atomic E-state index is 13.2. The average Bonchev–Trinajstić information content (AvgIpc) is 2.69. The van der Waals surface area contributed by atoms with Crippen LogP contribution in [-0.2, 0) is 32.0 Å². The molecule has 8 heteroatoms. The first-order valence-electron chi connectivity index (χ1n) is 8.46. The van der Waals surface area contributed by atoms with Crippen LogP contribution in [0.2, 0.25) is 0 Å². The SMILES string of the molecule is COC(=O)[C@@H]1Cc2ccccc2CN1C(=O)COC(=O)c1cc(F)cc(F)c1. The van der Waals surface area contributed by atoms with E-state index in [0.717, 1.165) is 23.3 Å². The lowest BCUT2D eigenvalue weighted by atomic mass is 9.94. The van der Waals surface area contributed by atoms with E-state index in [1.165, 1.54) is 12.0 Å². The number of ether oxygens (including phenoxy) is 2. The fourth-order valence-corrected chi connectivity index (χ4v) is 3.10. The average molecular weight is 389 g/mol. The molecule has 2 aromatic rings. The van der Waals surface area contributed by atoms with Gasteiger partial charge in [-0.15, -0.1) is 0 Å². The molecule has 0 aliphatic carbocycles. The van der Waals surface area contributed by atoms with Crippen molar-refractivity contribution in [3.05, 3.63) is 70.8 Å². The van der Waals surface area contributed by atoms with E-state index in [1.807, 2.05) is 24.3 Å². The molecular formula is C20H17F2NO5. The third kappa shape index (κ3) is 4.16. The molecule has 0 aromatic heterocycles. The van der Waals surface area contributed by atoms with Crippen LogP contribution in [0.3, 0.4) is 0 Å². The summed E-state index contributed by atoms with van der Waals surface area (Å²) >= 11 is 0. The minimum atomic E-state index is -1.04. The van der Waals surface area contributed by atoms with Crippen molar-refractivity contribution in [2.45, 2.75) is 19.0 Å². The Morgan fingerprint density at radius 2 is 1.71 bits per heavy atom. The molecule has 28 heavy (non-hydrogen) atoms. The van der Waals surface area contributed by atoms with Crippen LogP contribution in [0.1, 0.15) is 21.5 Å². The van der Waals surface area contributed by atoms with Crippen LogP contribution in [-0.4, -0.2) is 42.5 Å². The molecule has 0 N–H and O–H groups in total. The zero-order valence-electron chi connectivity index (χ0n) is 15.0. The van der Waals surface area contributed by atoms with Gasteiger partial charge in [0.2, 0.25) is 0 Å². The Morgan fingerprint density at radius 1 is 1.07 bits per heavy atom. The lowest BCUT2D eigenvalue weighted by molar-refractivity contribution is -0.155. The molecule has 0 bridgehead atoms. The molecule has 0 fully saturated rings. The molecule has 0 radical (unpaired) electrons. The Hall–Kier alpha value is -3.29. The predicted octanol–water partition coefficient (Wildman–Crippen LogP) is 2.25. The van der Waals surface area contributed by atoms with Crippen LogP contribution in [0, 0.1) is 11.6 Å². The largest absolute Gasteiger partial charge is 0.467 e. The molecule has 3 rings (SSSR count). The topological polar surface area (TPSA) is 72.9 Å². The zero-order chi connectivity index (χ0) is 20.3. The summed E-state index contributed by atoms with van der Waals surface area (Å²) in [6.07, 6.45) is 0.275. The Labute approximate surface area is 159 Å². The van der Waals surface area contributed by atoms with Gasteiger partial charge in [-0.25, -0.2) is 18.4 Å². The molecule has 1 amide bonds. The number of fused-ring (bicyclic) bond motifs is 1. The zero-order valence-corrected chi connectivity index (χ0v) is 15.0. The summed E-state index contributed by atoms with van der Waals surface area (Å²) < 4.78 is 36.1. The van der Waals surface area contributed by atoms with Gasteiger partial charge in [-0.1, -0.05) is 24.3 Å². The van der Waals surface area contributed by atoms with E-state index >= 15 is 0 Å². The lowest BCUT2D eigenvalue weighted by Gasteiger charge is -2.35. The molecule has 1 aliphatic rings. The summed E-state index contributed by atoms with van der Waals surface area (Å²) in [4.78, 5) is 38.0. The third-order valence-electron chi connectivity index (χ3n) is 4.47. The molecule has 0 spiro atoms. The van der Waals surface area contributed by atoms with Crippen LogP contribution < -0.4 is 0 Å². The van der Waals surface area contributed by atoms with Gasteiger partial charge in [0, 0.05) is 19.0 Å². The molecular weight excluding hydrogens is 372 g/mol. The van der Waals surface area contributed by atoms with Gasteiger partial charge in [-0.3, -0.25) is 4.79 Å². The number of halogens is 2. The van der Waals surface area contributed by atoms with Crippen molar-refractivity contribution < 1.29 is 32.6 Å². The van der Waals surface area contributed by atoms with Crippen molar-refractivity contribution in [3.8, 4) is 0 Å². The molecule has 2 aromatic carbocycles. The maximum Gasteiger partial charge on any atom is 0.338 e. The summed E-state index contributed by atoms with van der Waals surface area (Å²) in [5.74, 6) is -4.11. The standard InChI is InChI=1S/C20H17F2NO5/c1-27-20(26)17-8-12-4-2-3-5-13(12)10-23(17)18(24)11-28-19(25)14-6-15(21)9-16(22)7-14/h2-7,9,17H,8,10-11H2,1H3/t17-/m0/s1. The van der Waals surface area contributed by atoms with Gasteiger partial charge < -0.3 is 14.4 Å². The second kappa shape index (κ2) is 8.16. The number of amides is 1. The van der Waals surface area contributed by atoms with E-state index in [1.54, 1.807) is 0 Å². The van der Waals surface area contributed by atoms with Gasteiger partial charge in [0.05, 0.1) is 12.7 Å². The normalized spacial score (nSPS) is 15.5. The first kappa shape index (κ1) is 19.5. The van der Waals surface area contributed by atoms with Crippen molar-refractivity contribution in [2.75, 3.05) is 13.7 Å². The van der Waals surface area contributed by atoms with Crippen LogP contribution >= 0.6 is 0 Å². The molecule has 1 aliphatic heterocycles. The van der Waals surface area contributed by atoms with Gasteiger partial charge >= 0.3 is 11.9 Å². The Kier molecular flexibility index (Phi) is 5.67. The first-order chi connectivity index (χ1) is 13.4. The Bertz CT molecular complexity index is 910. The molecule has 0 unspecified atom stereocenters. The second-order valence-electron chi connectivity index (χ2n) is 6.27. The number of methoxy groups -OCH3 is 1. The van der Waals surface area contributed by atoms with Crippen molar-refractivity contribution in [1.29, 1.82) is 0 Å². The summed E-state index contributed by atoms with van der Waals surface area (Å²) in [6.45, 7) is -0.520. The van der Waals surface area contributed by atoms with Crippen molar-refractivity contribution in [2.24, 2.45) is 0 Å². The molecule has 0 saturated heterocycles. The molecule has 1 heterocycles. The first-order valence-corrected chi connectivity index (χ1v) is 8.46. The Morgan fingerprint density at radius 3 is 2.36 bits per heavy atom. The molecule has 1 atom stereocenters. The number of hydrogen-bond acceptors (Lipinski definition) is 5. The van der Waals surface area contributed by atoms with Gasteiger partial charge in [0.15, 0.2) is 6.61 Å². The number of rotatable bonds is 4. The molecule has 0 saturated carbocycles. The summed E-state index contributed by atoms with van der Waals surface area (Å²) in [5.41, 5.74) is 1.45. The van der Waals surface area contributed by atoms with Gasteiger partial charge in [-0.2, -0.15) is 0 Å². The molecule has 6 nitrogen and oxygen atoms in total. The van der Waals surface area contributed by atoms with Crippen LogP contribution in [0.4, 0.5) is 8.78 Å². The summed E-state index contributed by atoms with van der Waals surface area (Å²) in [5, 5.41) is 0. The highest BCUT2D eigenvalue weighted by Gasteiger charge is 2.35. The lowest BCUT2D eigenvalue weighted by Crippen LogP contribution is -2.50. The summed E-state index contributed by atoms with van der Waals surface area (Å²) in [6, 6.07) is 8.75. The highest BCUT2D eigenvalue weighted by atomic mass is 19.1. The maximum absolute atomic E-state index is 13.2. The van der Waals surface area contributed by atoms with Gasteiger partial charge in [0.25, 0.3) is 5.91 Å². The van der Waals surface area contributed by atoms with Crippen molar-refractivity contribution in [3.63, 3.8) is 0 Å². The number of benzene rings is 2. The predicted molar refractivity (Wildman–Crippen MR) is 93.1 cm³/mol. The van der Waals surface area contributed by atoms with E-state index < -0.39 is 42.1 Å². The second-order valence-corrected chi connectivity index (χ2v) is 6.27. The third-order valence-corrected chi connectivity index (χ3v) is 4.47. The number of carbonyl (C=O) groups is 3. The van der Waals surface area contributed by atoms with Gasteiger partial charge in [0.1, 0.15) is 17.7 Å². The van der Waals surface area contributed by atoms with E-state index in [0.29, 0.717) is 6.07 Å². The fraction of sp³-hybridized carbons (Fsp3) is 0.250. The summed E-state index contributed by atoms with van der Waals surface area (Å²) in [7, 11) is 1.23. The highest BCUT2D eigenvalue weighted by Crippen LogP contribution is 2.24. The van der Waals surface area contributed by atoms with Gasteiger partial charge in [-0.05, 0) is 23.3 Å². The smallest absolute Gasteiger partial charge is 0.338 e. The minimum absolute atomic E-state index is 0.154. The van der Waals surface area contributed by atoms with Crippen LogP contribution in [0.5, 0.6) is 0 Å². The fourth-order valence-electron chi connectivity index (χ4n) is 3.10. The number of hydrogen-bond donors (Lipinski definition) is 0. The Balaban J connectivity index is 1.72. The van der Waals surface area contributed by atoms with E-state index in [9.17, 15) is 23.2 Å². The number of esters is 2. The number of carbonyl (C=O) groups excluding carboxylic acids is 3. The monoisotopic (exact) mass is 389 g/mol. The minimum Gasteiger partial charge on any atom is -0.467 e.